The van der Waals surface area contributed by atoms with E-state index in [0.29, 0.717) is 5.69 Å². The largest absolute Gasteiger partial charge is 0.392 e. The second kappa shape index (κ2) is 4.72. The number of benzene rings is 1. The Bertz CT molecular complexity index is 593. The molecule has 0 saturated carbocycles. The Labute approximate surface area is 107 Å². The summed E-state index contributed by atoms with van der Waals surface area (Å²) in [6.45, 7) is 6.71. The number of aromatic nitrogens is 2. The molecule has 1 aromatic carbocycles. The summed E-state index contributed by atoms with van der Waals surface area (Å²) in [6.07, 6.45) is 0. The zero-order valence-corrected chi connectivity index (χ0v) is 11.1. The zero-order chi connectivity index (χ0) is 13.3. The molecular weight excluding hydrogens is 226 g/mol. The van der Waals surface area contributed by atoms with Gasteiger partial charge in [0, 0.05) is 18.2 Å². The Kier molecular flexibility index (Phi) is 3.28. The molecule has 4 heteroatoms. The molecule has 0 aliphatic carbocycles. The third kappa shape index (κ3) is 1.83. The van der Waals surface area contributed by atoms with Crippen LogP contribution < -0.4 is 11.3 Å². The van der Waals surface area contributed by atoms with Crippen LogP contribution in [0.4, 0.5) is 5.69 Å². The Balaban J connectivity index is 2.76. The predicted octanol–water partition coefficient (Wildman–Crippen LogP) is 2.50. The van der Waals surface area contributed by atoms with E-state index in [1.165, 1.54) is 0 Å². The molecule has 4 nitrogen and oxygen atoms in total. The molecule has 0 aliphatic rings. The summed E-state index contributed by atoms with van der Waals surface area (Å²) in [7, 11) is 0. The minimum absolute atomic E-state index is 0.0946. The Morgan fingerprint density at radius 2 is 1.83 bits per heavy atom. The molecule has 2 aromatic rings. The second-order valence-corrected chi connectivity index (χ2v) is 4.59. The van der Waals surface area contributed by atoms with E-state index in [4.69, 9.17) is 5.73 Å². The molecule has 18 heavy (non-hydrogen) atoms. The van der Waals surface area contributed by atoms with Gasteiger partial charge in [-0.2, -0.15) is 0 Å². The van der Waals surface area contributed by atoms with Gasteiger partial charge < -0.3 is 5.73 Å². The second-order valence-electron chi connectivity index (χ2n) is 4.59. The molecule has 0 spiro atoms. The van der Waals surface area contributed by atoms with Gasteiger partial charge in [0.2, 0.25) is 0 Å². The highest BCUT2D eigenvalue weighted by atomic mass is 16.1. The van der Waals surface area contributed by atoms with E-state index in [-0.39, 0.29) is 11.6 Å². The van der Waals surface area contributed by atoms with Gasteiger partial charge in [-0.05, 0) is 20.8 Å². The first-order valence-electron chi connectivity index (χ1n) is 6.24. The van der Waals surface area contributed by atoms with Crippen molar-refractivity contribution in [3.63, 3.8) is 0 Å². The van der Waals surface area contributed by atoms with Crippen LogP contribution in [0.15, 0.2) is 35.1 Å². The summed E-state index contributed by atoms with van der Waals surface area (Å²) in [5, 5.41) is 0. The number of nitrogen functional groups attached to an aromatic ring is 1. The molecule has 0 saturated heterocycles. The molecule has 96 valence electrons. The van der Waals surface area contributed by atoms with Crippen molar-refractivity contribution in [2.45, 2.75) is 33.4 Å². The molecule has 0 radical (unpaired) electrons. The van der Waals surface area contributed by atoms with E-state index < -0.39 is 0 Å². The Hall–Kier alpha value is -1.97. The van der Waals surface area contributed by atoms with E-state index in [9.17, 15) is 4.79 Å². The van der Waals surface area contributed by atoms with Gasteiger partial charge in [-0.25, -0.2) is 4.68 Å². The first-order chi connectivity index (χ1) is 8.57. The summed E-state index contributed by atoms with van der Waals surface area (Å²) < 4.78 is 3.68. The van der Waals surface area contributed by atoms with Crippen LogP contribution in [0.25, 0.3) is 11.3 Å². The minimum atomic E-state index is -0.106. The lowest BCUT2D eigenvalue weighted by molar-refractivity contribution is 0.414. The maximum atomic E-state index is 12.2. The van der Waals surface area contributed by atoms with Crippen molar-refractivity contribution >= 4 is 5.69 Å². The minimum Gasteiger partial charge on any atom is -0.392 e. The van der Waals surface area contributed by atoms with E-state index in [1.54, 1.807) is 4.68 Å². The van der Waals surface area contributed by atoms with Gasteiger partial charge in [-0.15, -0.1) is 0 Å². The van der Waals surface area contributed by atoms with Gasteiger partial charge in [0.15, 0.2) is 0 Å². The summed E-state index contributed by atoms with van der Waals surface area (Å²) in [4.78, 5) is 12.2. The fraction of sp³-hybridized carbons (Fsp3) is 0.357. The van der Waals surface area contributed by atoms with Crippen LogP contribution in [-0.2, 0) is 6.54 Å². The van der Waals surface area contributed by atoms with Gasteiger partial charge in [-0.3, -0.25) is 9.48 Å². The first-order valence-corrected chi connectivity index (χ1v) is 6.24. The average Bonchev–Trinajstić information content (AvgIpc) is 2.63. The maximum Gasteiger partial charge on any atom is 0.290 e. The van der Waals surface area contributed by atoms with Gasteiger partial charge >= 0.3 is 0 Å². The van der Waals surface area contributed by atoms with Gasteiger partial charge in [0.1, 0.15) is 5.69 Å². The Morgan fingerprint density at radius 3 is 2.33 bits per heavy atom. The predicted molar refractivity (Wildman–Crippen MR) is 74.6 cm³/mol. The Morgan fingerprint density at radius 1 is 1.22 bits per heavy atom. The van der Waals surface area contributed by atoms with Crippen LogP contribution >= 0.6 is 0 Å². The lowest BCUT2D eigenvalue weighted by Gasteiger charge is -2.15. The van der Waals surface area contributed by atoms with Crippen LogP contribution in [0.2, 0.25) is 0 Å². The highest BCUT2D eigenvalue weighted by Gasteiger charge is 2.19. The number of nitrogens with two attached hydrogens (primary N) is 1. The van der Waals surface area contributed by atoms with E-state index in [2.05, 4.69) is 0 Å². The number of anilines is 1. The van der Waals surface area contributed by atoms with Crippen LogP contribution in [0.1, 0.15) is 26.8 Å². The van der Waals surface area contributed by atoms with Gasteiger partial charge in [-0.1, -0.05) is 30.3 Å². The molecule has 0 atom stereocenters. The fourth-order valence-electron chi connectivity index (χ4n) is 2.31. The normalized spacial score (nSPS) is 11.1. The van der Waals surface area contributed by atoms with E-state index >= 15 is 0 Å². The standard InChI is InChI=1S/C14H19N3O/c1-4-16-13(11-8-6-5-7-9-11)12(15)14(18)17(16)10(2)3/h5-10H,4,15H2,1-3H3. The third-order valence-electron chi connectivity index (χ3n) is 3.05. The smallest absolute Gasteiger partial charge is 0.290 e. The quantitative estimate of drug-likeness (QED) is 0.903. The molecule has 2 N–H and O–H groups in total. The molecular formula is C14H19N3O. The van der Waals surface area contributed by atoms with E-state index in [0.717, 1.165) is 17.8 Å². The number of rotatable bonds is 3. The van der Waals surface area contributed by atoms with Crippen LogP contribution in [0.3, 0.4) is 0 Å². The van der Waals surface area contributed by atoms with Crippen molar-refractivity contribution in [1.29, 1.82) is 0 Å². The van der Waals surface area contributed by atoms with Crippen LogP contribution in [0.5, 0.6) is 0 Å². The lowest BCUT2D eigenvalue weighted by Crippen LogP contribution is -2.25. The SMILES string of the molecule is CCn1c(-c2ccccc2)c(N)c(=O)n1C(C)C. The fourth-order valence-corrected chi connectivity index (χ4v) is 2.31. The molecule has 0 aliphatic heterocycles. The summed E-state index contributed by atoms with van der Waals surface area (Å²) in [5.41, 5.74) is 8.02. The lowest BCUT2D eigenvalue weighted by atomic mass is 10.1. The summed E-state index contributed by atoms with van der Waals surface area (Å²) >= 11 is 0. The molecule has 0 unspecified atom stereocenters. The van der Waals surface area contributed by atoms with Crippen LogP contribution in [-0.4, -0.2) is 9.36 Å². The first kappa shape index (κ1) is 12.5. The van der Waals surface area contributed by atoms with Crippen molar-refractivity contribution in [2.24, 2.45) is 0 Å². The zero-order valence-electron chi connectivity index (χ0n) is 11.1. The molecule has 1 aromatic heterocycles. The van der Waals surface area contributed by atoms with Crippen LogP contribution in [0, 0.1) is 0 Å². The molecule has 0 fully saturated rings. The maximum absolute atomic E-state index is 12.2. The number of hydrogen-bond donors (Lipinski definition) is 1. The van der Waals surface area contributed by atoms with Crippen molar-refractivity contribution in [1.82, 2.24) is 9.36 Å². The monoisotopic (exact) mass is 245 g/mol. The molecule has 0 bridgehead atoms. The van der Waals surface area contributed by atoms with Crippen molar-refractivity contribution in [3.8, 4) is 11.3 Å². The summed E-state index contributed by atoms with van der Waals surface area (Å²) in [6, 6.07) is 9.90. The van der Waals surface area contributed by atoms with E-state index in [1.807, 2.05) is 55.8 Å². The number of nitrogens with zero attached hydrogens (tertiary/aromatic N) is 2. The highest BCUT2D eigenvalue weighted by molar-refractivity contribution is 5.72. The molecule has 2 rings (SSSR count). The topological polar surface area (TPSA) is 52.9 Å². The van der Waals surface area contributed by atoms with Crippen molar-refractivity contribution < 1.29 is 0 Å². The molecule has 1 heterocycles. The average molecular weight is 245 g/mol. The summed E-state index contributed by atoms with van der Waals surface area (Å²) in [5.74, 6) is 0. The van der Waals surface area contributed by atoms with Gasteiger partial charge in [0.05, 0.1) is 5.69 Å². The molecule has 0 amide bonds. The highest BCUT2D eigenvalue weighted by Crippen LogP contribution is 2.25. The third-order valence-corrected chi connectivity index (χ3v) is 3.05. The van der Waals surface area contributed by atoms with Gasteiger partial charge in [0.25, 0.3) is 5.56 Å². The van der Waals surface area contributed by atoms with Crippen molar-refractivity contribution in [2.75, 3.05) is 5.73 Å². The van der Waals surface area contributed by atoms with Crippen molar-refractivity contribution in [3.05, 3.63) is 40.7 Å². The number of hydrogen-bond acceptors (Lipinski definition) is 2.